The number of carboxylic acid groups (broad SMARTS) is 1. The first-order chi connectivity index (χ1) is 7.86. The zero-order chi connectivity index (χ0) is 13.4. The Morgan fingerprint density at radius 2 is 1.82 bits per heavy atom. The van der Waals surface area contributed by atoms with Crippen LogP contribution in [0.15, 0.2) is 0 Å². The third kappa shape index (κ3) is 7.15. The van der Waals surface area contributed by atoms with Gasteiger partial charge in [0.2, 0.25) is 0 Å². The summed E-state index contributed by atoms with van der Waals surface area (Å²) in [7, 11) is 1.22. The van der Waals surface area contributed by atoms with Crippen molar-refractivity contribution in [1.29, 1.82) is 0 Å². The predicted molar refractivity (Wildman–Crippen MR) is 59.5 cm³/mol. The van der Waals surface area contributed by atoms with E-state index in [1.165, 1.54) is 7.11 Å². The van der Waals surface area contributed by atoms with Crippen molar-refractivity contribution >= 4 is 18.0 Å². The lowest BCUT2D eigenvalue weighted by Gasteiger charge is -2.15. The van der Waals surface area contributed by atoms with Gasteiger partial charge < -0.3 is 20.5 Å². The van der Waals surface area contributed by atoms with E-state index >= 15 is 0 Å². The summed E-state index contributed by atoms with van der Waals surface area (Å²) in [6.07, 6.45) is -0.0665. The summed E-state index contributed by atoms with van der Waals surface area (Å²) in [5.74, 6) is -1.70. The standard InChI is InChI=1S/C10H18N2O5/c1-6(2)11-10(16)12-7(9(14)15)4-5-8(13)17-3/h6-7H,4-5H2,1-3H3,(H,14,15)(H2,11,12,16). The molecule has 0 bridgehead atoms. The molecule has 0 aromatic rings. The first kappa shape index (κ1) is 15.2. The average molecular weight is 246 g/mol. The Morgan fingerprint density at radius 3 is 2.24 bits per heavy atom. The third-order valence-electron chi connectivity index (χ3n) is 1.89. The number of methoxy groups -OCH3 is 1. The summed E-state index contributed by atoms with van der Waals surface area (Å²) in [6.45, 7) is 3.51. The van der Waals surface area contributed by atoms with Crippen molar-refractivity contribution in [2.45, 2.75) is 38.8 Å². The lowest BCUT2D eigenvalue weighted by Crippen LogP contribution is -2.48. The Kier molecular flexibility index (Phi) is 6.69. The molecule has 0 saturated heterocycles. The van der Waals surface area contributed by atoms with E-state index < -0.39 is 24.0 Å². The summed E-state index contributed by atoms with van der Waals surface area (Å²) in [5, 5.41) is 13.6. The minimum Gasteiger partial charge on any atom is -0.480 e. The molecule has 0 radical (unpaired) electrons. The lowest BCUT2D eigenvalue weighted by molar-refractivity contribution is -0.142. The quantitative estimate of drug-likeness (QED) is 0.576. The molecule has 0 aromatic carbocycles. The summed E-state index contributed by atoms with van der Waals surface area (Å²) in [5.41, 5.74) is 0. The van der Waals surface area contributed by atoms with Gasteiger partial charge in [0.1, 0.15) is 6.04 Å². The van der Waals surface area contributed by atoms with E-state index in [-0.39, 0.29) is 18.9 Å². The number of carbonyl (C=O) groups excluding carboxylic acids is 2. The fraction of sp³-hybridized carbons (Fsp3) is 0.700. The largest absolute Gasteiger partial charge is 0.480 e. The second kappa shape index (κ2) is 7.48. The Hall–Kier alpha value is -1.79. The summed E-state index contributed by atoms with van der Waals surface area (Å²) < 4.78 is 4.39. The van der Waals surface area contributed by atoms with Crippen LogP contribution in [0.1, 0.15) is 26.7 Å². The van der Waals surface area contributed by atoms with Gasteiger partial charge in [0.15, 0.2) is 0 Å². The number of amides is 2. The van der Waals surface area contributed by atoms with Crippen LogP contribution in [0.3, 0.4) is 0 Å². The van der Waals surface area contributed by atoms with Gasteiger partial charge in [0.05, 0.1) is 7.11 Å². The summed E-state index contributed by atoms with van der Waals surface area (Å²) in [6, 6.07) is -1.77. The maximum Gasteiger partial charge on any atom is 0.326 e. The number of esters is 1. The van der Waals surface area contributed by atoms with Gasteiger partial charge in [-0.3, -0.25) is 4.79 Å². The van der Waals surface area contributed by atoms with E-state index in [1.807, 2.05) is 0 Å². The molecular formula is C10H18N2O5. The van der Waals surface area contributed by atoms with E-state index in [4.69, 9.17) is 5.11 Å². The molecule has 0 saturated carbocycles. The highest BCUT2D eigenvalue weighted by Gasteiger charge is 2.21. The van der Waals surface area contributed by atoms with Gasteiger partial charge in [-0.1, -0.05) is 0 Å². The van der Waals surface area contributed by atoms with Gasteiger partial charge in [-0.25, -0.2) is 9.59 Å². The Morgan fingerprint density at radius 1 is 1.24 bits per heavy atom. The van der Waals surface area contributed by atoms with Gasteiger partial charge in [0, 0.05) is 12.5 Å². The van der Waals surface area contributed by atoms with E-state index in [2.05, 4.69) is 15.4 Å². The van der Waals surface area contributed by atoms with Crippen LogP contribution in [-0.4, -0.2) is 42.3 Å². The Bertz CT molecular complexity index is 290. The maximum atomic E-state index is 11.3. The van der Waals surface area contributed by atoms with Crippen molar-refractivity contribution in [3.8, 4) is 0 Å². The van der Waals surface area contributed by atoms with Gasteiger partial charge in [-0.15, -0.1) is 0 Å². The molecule has 7 nitrogen and oxygen atoms in total. The fourth-order valence-corrected chi connectivity index (χ4v) is 1.08. The van der Waals surface area contributed by atoms with Crippen molar-refractivity contribution < 1.29 is 24.2 Å². The lowest BCUT2D eigenvalue weighted by atomic mass is 10.1. The molecule has 0 aliphatic carbocycles. The van der Waals surface area contributed by atoms with E-state index in [0.29, 0.717) is 0 Å². The molecule has 0 aliphatic heterocycles. The molecule has 7 heteroatoms. The molecule has 98 valence electrons. The number of carbonyl (C=O) groups is 3. The molecular weight excluding hydrogens is 228 g/mol. The first-order valence-corrected chi connectivity index (χ1v) is 5.23. The molecule has 0 heterocycles. The highest BCUT2D eigenvalue weighted by molar-refractivity contribution is 5.83. The van der Waals surface area contributed by atoms with Crippen LogP contribution < -0.4 is 10.6 Å². The normalized spacial score (nSPS) is 11.8. The number of aliphatic carboxylic acids is 1. The highest BCUT2D eigenvalue weighted by Crippen LogP contribution is 1.99. The number of ether oxygens (including phenoxy) is 1. The minimum absolute atomic E-state index is 0.00643. The van der Waals surface area contributed by atoms with Crippen LogP contribution >= 0.6 is 0 Å². The van der Waals surface area contributed by atoms with E-state index in [9.17, 15) is 14.4 Å². The summed E-state index contributed by atoms with van der Waals surface area (Å²) in [4.78, 5) is 33.0. The first-order valence-electron chi connectivity index (χ1n) is 5.23. The van der Waals surface area contributed by atoms with Crippen LogP contribution in [0.25, 0.3) is 0 Å². The zero-order valence-electron chi connectivity index (χ0n) is 10.1. The Balaban J connectivity index is 4.20. The molecule has 0 rings (SSSR count). The molecule has 1 atom stereocenters. The Labute approximate surface area is 99.5 Å². The van der Waals surface area contributed by atoms with E-state index in [1.54, 1.807) is 13.8 Å². The van der Waals surface area contributed by atoms with Crippen molar-refractivity contribution in [1.82, 2.24) is 10.6 Å². The minimum atomic E-state index is -1.19. The zero-order valence-corrected chi connectivity index (χ0v) is 10.1. The van der Waals surface area contributed by atoms with Crippen molar-refractivity contribution in [2.75, 3.05) is 7.11 Å². The van der Waals surface area contributed by atoms with Crippen LogP contribution in [0.5, 0.6) is 0 Å². The average Bonchev–Trinajstić information content (AvgIpc) is 2.22. The molecule has 0 fully saturated rings. The number of hydrogen-bond acceptors (Lipinski definition) is 4. The van der Waals surface area contributed by atoms with Gasteiger partial charge in [-0.05, 0) is 20.3 Å². The molecule has 17 heavy (non-hydrogen) atoms. The number of rotatable bonds is 6. The second-order valence-corrected chi connectivity index (χ2v) is 3.78. The molecule has 0 spiro atoms. The second-order valence-electron chi connectivity index (χ2n) is 3.78. The number of urea groups is 1. The highest BCUT2D eigenvalue weighted by atomic mass is 16.5. The molecule has 2 amide bonds. The van der Waals surface area contributed by atoms with Crippen LogP contribution in [0, 0.1) is 0 Å². The molecule has 3 N–H and O–H groups in total. The number of carboxylic acids is 1. The third-order valence-corrected chi connectivity index (χ3v) is 1.89. The molecule has 0 aromatic heterocycles. The van der Waals surface area contributed by atoms with Gasteiger partial charge in [0.25, 0.3) is 0 Å². The SMILES string of the molecule is COC(=O)CCC(NC(=O)NC(C)C)C(=O)O. The van der Waals surface area contributed by atoms with Crippen LogP contribution in [0.2, 0.25) is 0 Å². The molecule has 1 unspecified atom stereocenters. The van der Waals surface area contributed by atoms with Crippen LogP contribution in [0.4, 0.5) is 4.79 Å². The van der Waals surface area contributed by atoms with Crippen molar-refractivity contribution in [3.05, 3.63) is 0 Å². The smallest absolute Gasteiger partial charge is 0.326 e. The van der Waals surface area contributed by atoms with Gasteiger partial charge in [-0.2, -0.15) is 0 Å². The fourth-order valence-electron chi connectivity index (χ4n) is 1.08. The maximum absolute atomic E-state index is 11.3. The van der Waals surface area contributed by atoms with Crippen molar-refractivity contribution in [2.24, 2.45) is 0 Å². The number of hydrogen-bond donors (Lipinski definition) is 3. The van der Waals surface area contributed by atoms with Crippen molar-refractivity contribution in [3.63, 3.8) is 0 Å². The summed E-state index contributed by atoms with van der Waals surface area (Å²) >= 11 is 0. The van der Waals surface area contributed by atoms with Crippen LogP contribution in [-0.2, 0) is 14.3 Å². The predicted octanol–water partition coefficient (Wildman–Crippen LogP) is 0.100. The topological polar surface area (TPSA) is 105 Å². The molecule has 0 aliphatic rings. The van der Waals surface area contributed by atoms with E-state index in [0.717, 1.165) is 0 Å². The number of nitrogens with one attached hydrogen (secondary N) is 2. The monoisotopic (exact) mass is 246 g/mol. The van der Waals surface area contributed by atoms with Gasteiger partial charge >= 0.3 is 18.0 Å².